The van der Waals surface area contributed by atoms with E-state index < -0.39 is 17.8 Å². The zero-order valence-corrected chi connectivity index (χ0v) is 20.6. The second-order valence-corrected chi connectivity index (χ2v) is 8.57. The molecule has 1 saturated heterocycles. The summed E-state index contributed by atoms with van der Waals surface area (Å²) in [5.41, 5.74) is 1.86. The van der Waals surface area contributed by atoms with Crippen molar-refractivity contribution < 1.29 is 22.7 Å². The van der Waals surface area contributed by atoms with Crippen LogP contribution in [0.3, 0.4) is 0 Å². The van der Waals surface area contributed by atoms with Crippen molar-refractivity contribution in [1.29, 1.82) is 0 Å². The van der Waals surface area contributed by atoms with Crippen LogP contribution in [0.2, 0.25) is 0 Å². The summed E-state index contributed by atoms with van der Waals surface area (Å²) in [6, 6.07) is 1.91. The molecule has 1 amide bonds. The fourth-order valence-electron chi connectivity index (χ4n) is 3.84. The average molecular weight is 514 g/mol. The Morgan fingerprint density at radius 3 is 2.59 bits per heavy atom. The quantitative estimate of drug-likeness (QED) is 0.499. The van der Waals surface area contributed by atoms with Crippen LogP contribution >= 0.6 is 0 Å². The van der Waals surface area contributed by atoms with Crippen LogP contribution in [0.15, 0.2) is 54.5 Å². The van der Waals surface area contributed by atoms with E-state index in [0.29, 0.717) is 49.3 Å². The molecule has 12 heteroatoms. The van der Waals surface area contributed by atoms with Gasteiger partial charge in [-0.2, -0.15) is 18.3 Å². The first-order valence-electron chi connectivity index (χ1n) is 11.5. The number of alkyl halides is 3. The van der Waals surface area contributed by atoms with E-state index >= 15 is 0 Å². The summed E-state index contributed by atoms with van der Waals surface area (Å²) in [6.45, 7) is 9.96. The molecule has 0 aliphatic carbocycles. The number of pyridine rings is 1. The topological polar surface area (TPSA) is 98.1 Å². The highest BCUT2D eigenvalue weighted by molar-refractivity contribution is 5.96. The second kappa shape index (κ2) is 10.5. The lowest BCUT2D eigenvalue weighted by Gasteiger charge is -2.28. The second-order valence-electron chi connectivity index (χ2n) is 8.57. The summed E-state index contributed by atoms with van der Waals surface area (Å²) < 4.78 is 46.3. The maximum Gasteiger partial charge on any atom is 0.433 e. The fourth-order valence-corrected chi connectivity index (χ4v) is 3.84. The van der Waals surface area contributed by atoms with Crippen LogP contribution in [0.25, 0.3) is 16.6 Å². The van der Waals surface area contributed by atoms with Crippen molar-refractivity contribution in [3.05, 3.63) is 71.6 Å². The number of anilines is 1. The van der Waals surface area contributed by atoms with Gasteiger partial charge < -0.3 is 15.0 Å². The van der Waals surface area contributed by atoms with Gasteiger partial charge in [0.05, 0.1) is 19.4 Å². The van der Waals surface area contributed by atoms with Gasteiger partial charge in [0, 0.05) is 43.2 Å². The number of nitrogens with one attached hydrogen (secondary N) is 1. The first-order chi connectivity index (χ1) is 17.6. The van der Waals surface area contributed by atoms with E-state index in [-0.39, 0.29) is 11.3 Å². The zero-order chi connectivity index (χ0) is 26.7. The number of hydrogen-bond acceptors (Lipinski definition) is 7. The summed E-state index contributed by atoms with van der Waals surface area (Å²) in [5.74, 6) is 0.403. The maximum atomic E-state index is 13.0. The molecule has 0 saturated carbocycles. The Morgan fingerprint density at radius 2 is 1.95 bits per heavy atom. The van der Waals surface area contributed by atoms with Crippen molar-refractivity contribution in [3.63, 3.8) is 0 Å². The molecular formula is C25H26F3N7O2. The van der Waals surface area contributed by atoms with Gasteiger partial charge in [-0.15, -0.1) is 0 Å². The number of carbonyl (C=O) groups excluding carboxylic acids is 1. The largest absolute Gasteiger partial charge is 0.433 e. The van der Waals surface area contributed by atoms with Gasteiger partial charge in [-0.25, -0.2) is 9.97 Å². The van der Waals surface area contributed by atoms with Crippen LogP contribution in [-0.2, 0) is 18.0 Å². The van der Waals surface area contributed by atoms with Gasteiger partial charge in [0.2, 0.25) is 0 Å². The number of morpholine rings is 1. The molecule has 9 nitrogen and oxygen atoms in total. The number of hydrogen-bond donors (Lipinski definition) is 1. The monoisotopic (exact) mass is 513 g/mol. The smallest absolute Gasteiger partial charge is 0.378 e. The van der Waals surface area contributed by atoms with E-state index in [1.807, 2.05) is 20.9 Å². The van der Waals surface area contributed by atoms with Crippen molar-refractivity contribution in [1.82, 2.24) is 30.0 Å². The highest BCUT2D eigenvalue weighted by atomic mass is 19.4. The Hall–Kier alpha value is -4.06. The lowest BCUT2D eigenvalue weighted by molar-refractivity contribution is -0.141. The van der Waals surface area contributed by atoms with Crippen LogP contribution in [-0.4, -0.2) is 56.9 Å². The molecule has 1 aliphatic heterocycles. The van der Waals surface area contributed by atoms with Crippen molar-refractivity contribution in [2.75, 3.05) is 31.2 Å². The molecule has 1 N–H and O–H groups in total. The predicted molar refractivity (Wildman–Crippen MR) is 133 cm³/mol. The number of rotatable bonds is 6. The first-order valence-corrected chi connectivity index (χ1v) is 11.5. The molecule has 4 heterocycles. The molecule has 1 aliphatic rings. The Kier molecular flexibility index (Phi) is 7.39. The molecule has 0 spiro atoms. The number of amides is 1. The van der Waals surface area contributed by atoms with E-state index in [4.69, 9.17) is 14.7 Å². The zero-order valence-electron chi connectivity index (χ0n) is 20.6. The Labute approximate surface area is 211 Å². The molecule has 37 heavy (non-hydrogen) atoms. The van der Waals surface area contributed by atoms with Crippen molar-refractivity contribution in [2.45, 2.75) is 20.0 Å². The molecule has 194 valence electrons. The van der Waals surface area contributed by atoms with Crippen LogP contribution < -0.4 is 10.2 Å². The van der Waals surface area contributed by atoms with Gasteiger partial charge in [-0.3, -0.25) is 14.5 Å². The van der Waals surface area contributed by atoms with Gasteiger partial charge in [0.1, 0.15) is 16.7 Å². The molecule has 0 unspecified atom stereocenters. The van der Waals surface area contributed by atoms with Gasteiger partial charge in [0.25, 0.3) is 5.91 Å². The first kappa shape index (κ1) is 26.0. The minimum absolute atomic E-state index is 0.184. The van der Waals surface area contributed by atoms with E-state index in [0.717, 1.165) is 23.1 Å². The number of ether oxygens (including phenoxy) is 1. The van der Waals surface area contributed by atoms with Gasteiger partial charge >= 0.3 is 6.18 Å². The number of allylic oxidation sites excluding steroid dienone is 4. The van der Waals surface area contributed by atoms with E-state index in [2.05, 4.69) is 26.9 Å². The summed E-state index contributed by atoms with van der Waals surface area (Å²) in [5, 5.41) is 6.95. The van der Waals surface area contributed by atoms with Gasteiger partial charge in [0.15, 0.2) is 11.6 Å². The molecule has 4 rings (SSSR count). The molecule has 1 fully saturated rings. The minimum Gasteiger partial charge on any atom is -0.378 e. The molecule has 3 aromatic rings. The van der Waals surface area contributed by atoms with Crippen LogP contribution in [0.1, 0.15) is 35.7 Å². The molecule has 0 atom stereocenters. The minimum atomic E-state index is -4.66. The predicted octanol–water partition coefficient (Wildman–Crippen LogP) is 3.91. The summed E-state index contributed by atoms with van der Waals surface area (Å²) >= 11 is 0. The van der Waals surface area contributed by atoms with Crippen molar-refractivity contribution >= 4 is 28.3 Å². The van der Waals surface area contributed by atoms with E-state index in [9.17, 15) is 18.0 Å². The molecular weight excluding hydrogens is 487 g/mol. The van der Waals surface area contributed by atoms with E-state index in [1.165, 1.54) is 12.1 Å². The lowest BCUT2D eigenvalue weighted by atomic mass is 10.1. The highest BCUT2D eigenvalue weighted by Crippen LogP contribution is 2.29. The molecule has 3 aromatic heterocycles. The Bertz CT molecular complexity index is 1400. The average Bonchev–Trinajstić information content (AvgIpc) is 3.26. The molecule has 0 radical (unpaired) electrons. The Balaban J connectivity index is 1.71. The van der Waals surface area contributed by atoms with Crippen LogP contribution in [0.5, 0.6) is 0 Å². The molecule has 0 bridgehead atoms. The number of carbonyl (C=O) groups is 1. The maximum absolute atomic E-state index is 13.0. The van der Waals surface area contributed by atoms with Crippen molar-refractivity contribution in [3.8, 4) is 0 Å². The van der Waals surface area contributed by atoms with Crippen molar-refractivity contribution in [2.24, 2.45) is 7.05 Å². The third-order valence-corrected chi connectivity index (χ3v) is 5.75. The van der Waals surface area contributed by atoms with Gasteiger partial charge in [-0.1, -0.05) is 12.2 Å². The normalized spacial score (nSPS) is 14.5. The van der Waals surface area contributed by atoms with Crippen LogP contribution in [0, 0.1) is 0 Å². The highest BCUT2D eigenvalue weighted by Gasteiger charge is 2.33. The standard InChI is InChI=1S/C25H26F3N7O2/c1-5-17(31-24(36)16-6-7-29-20(12-16)25(26,27)28)13-18(15(2)3)22-32-19-14-30-34(4)21(19)23(33-22)35-8-10-37-11-9-35/h5-7,12-14H,1,8-11H2,2-4H3,(H,31,36). The lowest BCUT2D eigenvalue weighted by Crippen LogP contribution is -2.37. The number of aryl methyl sites for hydroxylation is 1. The summed E-state index contributed by atoms with van der Waals surface area (Å²) in [6.07, 6.45) is 0.989. The number of nitrogens with zero attached hydrogens (tertiary/aromatic N) is 6. The summed E-state index contributed by atoms with van der Waals surface area (Å²) in [7, 11) is 1.83. The molecule has 0 aromatic carbocycles. The number of aromatic nitrogens is 5. The Morgan fingerprint density at radius 1 is 1.22 bits per heavy atom. The third-order valence-electron chi connectivity index (χ3n) is 5.75. The van der Waals surface area contributed by atoms with Crippen LogP contribution in [0.4, 0.5) is 19.0 Å². The number of halogens is 3. The third kappa shape index (κ3) is 5.69. The number of fused-ring (bicyclic) bond motifs is 1. The fraction of sp³-hybridized carbons (Fsp3) is 0.320. The van der Waals surface area contributed by atoms with Gasteiger partial charge in [-0.05, 0) is 38.1 Å². The van der Waals surface area contributed by atoms with E-state index in [1.54, 1.807) is 17.0 Å². The SMILES string of the molecule is C=CC(=CC(=C(C)C)c1nc(N2CCOCC2)c2c(cnn2C)n1)NC(=O)c1ccnc(C(F)(F)F)c1. The summed E-state index contributed by atoms with van der Waals surface area (Å²) in [4.78, 5) is 27.7.